The lowest BCUT2D eigenvalue weighted by atomic mass is 10.1. The number of benzene rings is 1. The van der Waals surface area contributed by atoms with E-state index in [4.69, 9.17) is 0 Å². The third kappa shape index (κ3) is 3.90. The third-order valence-electron chi connectivity index (χ3n) is 4.75. The monoisotopic (exact) mass is 357 g/mol. The van der Waals surface area contributed by atoms with Gasteiger partial charge in [0.2, 0.25) is 5.91 Å². The second-order valence-electron chi connectivity index (χ2n) is 6.39. The lowest BCUT2D eigenvalue weighted by Gasteiger charge is -2.23. The number of hydrogen-bond donors (Lipinski definition) is 0. The molecule has 5 nitrogen and oxygen atoms in total. The Morgan fingerprint density at radius 1 is 1.36 bits per heavy atom. The number of amides is 2. The van der Waals surface area contributed by atoms with Gasteiger partial charge in [0, 0.05) is 43.7 Å². The van der Waals surface area contributed by atoms with Crippen molar-refractivity contribution in [2.24, 2.45) is 0 Å². The number of carbonyl (C=O) groups is 2. The zero-order valence-electron chi connectivity index (χ0n) is 14.6. The molecule has 0 saturated heterocycles. The van der Waals surface area contributed by atoms with E-state index >= 15 is 0 Å². The van der Waals surface area contributed by atoms with E-state index in [1.165, 1.54) is 0 Å². The molecule has 0 spiro atoms. The molecule has 2 heterocycles. The summed E-state index contributed by atoms with van der Waals surface area (Å²) in [4.78, 5) is 32.5. The van der Waals surface area contributed by atoms with Crippen LogP contribution in [0.25, 0.3) is 0 Å². The summed E-state index contributed by atoms with van der Waals surface area (Å²) < 4.78 is 0. The van der Waals surface area contributed by atoms with Gasteiger partial charge in [0.15, 0.2) is 0 Å². The van der Waals surface area contributed by atoms with Crippen molar-refractivity contribution >= 4 is 23.2 Å². The van der Waals surface area contributed by atoms with E-state index < -0.39 is 0 Å². The maximum atomic E-state index is 12.3. The predicted octanol–water partition coefficient (Wildman–Crippen LogP) is 3.49. The molecule has 0 saturated carbocycles. The molecule has 1 aromatic carbocycles. The maximum Gasteiger partial charge on any atom is 0.254 e. The predicted molar refractivity (Wildman–Crippen MR) is 98.3 cm³/mol. The van der Waals surface area contributed by atoms with Crippen LogP contribution in [0.5, 0.6) is 0 Å². The Hall–Kier alpha value is -2.21. The molecule has 2 amide bonds. The van der Waals surface area contributed by atoms with Crippen molar-refractivity contribution in [3.05, 3.63) is 52.0 Å². The summed E-state index contributed by atoms with van der Waals surface area (Å²) in [6.07, 6.45) is 3.89. The van der Waals surface area contributed by atoms with Crippen LogP contribution < -0.4 is 0 Å². The van der Waals surface area contributed by atoms with E-state index in [1.807, 2.05) is 48.5 Å². The molecule has 2 aromatic rings. The fraction of sp³-hybridized carbons (Fsp3) is 0.421. The van der Waals surface area contributed by atoms with Crippen LogP contribution in [0.4, 0.5) is 0 Å². The number of carbonyl (C=O) groups excluding carboxylic acids is 2. The number of nitrogens with zero attached hydrogens (tertiary/aromatic N) is 3. The van der Waals surface area contributed by atoms with Crippen molar-refractivity contribution in [3.8, 4) is 0 Å². The van der Waals surface area contributed by atoms with Crippen LogP contribution in [0.2, 0.25) is 0 Å². The highest BCUT2D eigenvalue weighted by Gasteiger charge is 2.26. The van der Waals surface area contributed by atoms with Gasteiger partial charge in [-0.15, -0.1) is 11.3 Å². The Morgan fingerprint density at radius 2 is 2.16 bits per heavy atom. The summed E-state index contributed by atoms with van der Waals surface area (Å²) in [5, 5.41) is 2.88. The Labute approximate surface area is 152 Å². The lowest BCUT2D eigenvalue weighted by Crippen LogP contribution is -2.30. The largest absolute Gasteiger partial charge is 0.337 e. The van der Waals surface area contributed by atoms with Gasteiger partial charge >= 0.3 is 0 Å². The summed E-state index contributed by atoms with van der Waals surface area (Å²) >= 11 is 1.57. The number of thiazole rings is 1. The maximum absolute atomic E-state index is 12.3. The molecule has 0 bridgehead atoms. The second kappa shape index (κ2) is 7.78. The highest BCUT2D eigenvalue weighted by molar-refractivity contribution is 7.09. The molecule has 0 N–H and O–H groups in total. The van der Waals surface area contributed by atoms with Crippen molar-refractivity contribution in [1.29, 1.82) is 0 Å². The van der Waals surface area contributed by atoms with Gasteiger partial charge in [-0.2, -0.15) is 0 Å². The first-order chi connectivity index (χ1) is 12.1. The number of unbranched alkanes of at least 4 members (excludes halogenated alkanes) is 1. The summed E-state index contributed by atoms with van der Waals surface area (Å²) in [5.74, 6) is 0.232. The Kier molecular flexibility index (Phi) is 5.48. The molecule has 1 aliphatic heterocycles. The second-order valence-corrected chi connectivity index (χ2v) is 7.32. The molecule has 1 atom stereocenters. The molecular formula is C19H23N3O2S. The normalized spacial score (nSPS) is 14.5. The summed E-state index contributed by atoms with van der Waals surface area (Å²) in [6, 6.07) is 7.76. The van der Waals surface area contributed by atoms with Crippen molar-refractivity contribution < 1.29 is 9.59 Å². The minimum atomic E-state index is 0.00200. The van der Waals surface area contributed by atoms with E-state index in [1.54, 1.807) is 22.4 Å². The van der Waals surface area contributed by atoms with Gasteiger partial charge in [-0.3, -0.25) is 9.59 Å². The first-order valence-corrected chi connectivity index (χ1v) is 9.48. The standard InChI is InChI=1S/C19H23N3O2S/c1-14(18-20-10-12-25-18)21(2)17(23)9-5-6-11-22-13-15-7-3-4-8-16(15)19(22)24/h3-4,7-8,10,12,14H,5-6,9,11,13H2,1-2H3/t14-/m1/s1. The Bertz CT molecular complexity index is 745. The molecule has 25 heavy (non-hydrogen) atoms. The smallest absolute Gasteiger partial charge is 0.254 e. The number of aromatic nitrogens is 1. The zero-order chi connectivity index (χ0) is 17.8. The lowest BCUT2D eigenvalue weighted by molar-refractivity contribution is -0.131. The number of hydrogen-bond acceptors (Lipinski definition) is 4. The number of rotatable bonds is 7. The molecule has 0 radical (unpaired) electrons. The molecule has 0 fully saturated rings. The highest BCUT2D eigenvalue weighted by atomic mass is 32.1. The first-order valence-electron chi connectivity index (χ1n) is 8.60. The van der Waals surface area contributed by atoms with E-state index in [-0.39, 0.29) is 17.9 Å². The summed E-state index contributed by atoms with van der Waals surface area (Å²) in [5.41, 5.74) is 1.91. The van der Waals surface area contributed by atoms with Crippen LogP contribution in [-0.4, -0.2) is 40.2 Å². The molecule has 0 unspecified atom stereocenters. The van der Waals surface area contributed by atoms with Gasteiger partial charge in [0.05, 0.1) is 6.04 Å². The van der Waals surface area contributed by atoms with Crippen molar-refractivity contribution in [2.75, 3.05) is 13.6 Å². The fourth-order valence-corrected chi connectivity index (χ4v) is 3.81. The minimum Gasteiger partial charge on any atom is -0.337 e. The van der Waals surface area contributed by atoms with Gasteiger partial charge in [0.25, 0.3) is 5.91 Å². The van der Waals surface area contributed by atoms with E-state index in [0.29, 0.717) is 19.5 Å². The van der Waals surface area contributed by atoms with Gasteiger partial charge in [-0.25, -0.2) is 4.98 Å². The van der Waals surface area contributed by atoms with Crippen LogP contribution in [0, 0.1) is 0 Å². The quantitative estimate of drug-likeness (QED) is 0.713. The highest BCUT2D eigenvalue weighted by Crippen LogP contribution is 2.23. The Morgan fingerprint density at radius 3 is 2.88 bits per heavy atom. The minimum absolute atomic E-state index is 0.00200. The summed E-state index contributed by atoms with van der Waals surface area (Å²) in [6.45, 7) is 3.38. The SMILES string of the molecule is C[C@H](c1nccs1)N(C)C(=O)CCCCN1Cc2ccccc2C1=O. The van der Waals surface area contributed by atoms with Crippen molar-refractivity contribution in [1.82, 2.24) is 14.8 Å². The summed E-state index contributed by atoms with van der Waals surface area (Å²) in [7, 11) is 1.83. The average molecular weight is 357 g/mol. The van der Waals surface area contributed by atoms with Crippen LogP contribution in [0.3, 0.4) is 0 Å². The average Bonchev–Trinajstić information content (AvgIpc) is 3.26. The fourth-order valence-electron chi connectivity index (χ4n) is 3.07. The topological polar surface area (TPSA) is 53.5 Å². The molecule has 0 aliphatic carbocycles. The van der Waals surface area contributed by atoms with Gasteiger partial charge in [-0.05, 0) is 31.4 Å². The van der Waals surface area contributed by atoms with Gasteiger partial charge in [-0.1, -0.05) is 18.2 Å². The van der Waals surface area contributed by atoms with Crippen LogP contribution >= 0.6 is 11.3 Å². The van der Waals surface area contributed by atoms with Crippen LogP contribution in [0.15, 0.2) is 35.8 Å². The first kappa shape index (κ1) is 17.6. The molecule has 6 heteroatoms. The van der Waals surface area contributed by atoms with E-state index in [9.17, 15) is 9.59 Å². The van der Waals surface area contributed by atoms with Crippen LogP contribution in [0.1, 0.15) is 53.2 Å². The van der Waals surface area contributed by atoms with Crippen LogP contribution in [-0.2, 0) is 11.3 Å². The molecular weight excluding hydrogens is 334 g/mol. The molecule has 1 aliphatic rings. The van der Waals surface area contributed by atoms with Gasteiger partial charge < -0.3 is 9.80 Å². The molecule has 3 rings (SSSR count). The third-order valence-corrected chi connectivity index (χ3v) is 5.69. The van der Waals surface area contributed by atoms with Crippen molar-refractivity contribution in [3.63, 3.8) is 0 Å². The molecule has 132 valence electrons. The van der Waals surface area contributed by atoms with E-state index in [0.717, 1.165) is 29.0 Å². The van der Waals surface area contributed by atoms with Gasteiger partial charge in [0.1, 0.15) is 5.01 Å². The zero-order valence-corrected chi connectivity index (χ0v) is 15.5. The van der Waals surface area contributed by atoms with Crippen molar-refractivity contribution in [2.45, 2.75) is 38.8 Å². The Balaban J connectivity index is 1.42. The number of fused-ring (bicyclic) bond motifs is 1. The van der Waals surface area contributed by atoms with E-state index in [2.05, 4.69) is 4.98 Å². The molecule has 1 aromatic heterocycles.